The van der Waals surface area contributed by atoms with Crippen molar-refractivity contribution in [2.75, 3.05) is 29.5 Å². The number of carbonyl (C=O) groups is 2. The van der Waals surface area contributed by atoms with Crippen LogP contribution in [0.2, 0.25) is 5.02 Å². The number of ether oxygens (including phenoxy) is 1. The highest BCUT2D eigenvalue weighted by Crippen LogP contribution is 2.26. The number of amides is 2. The Balaban J connectivity index is 1.93. The molecule has 0 atom stereocenters. The molecule has 37 heavy (non-hydrogen) atoms. The number of hydrogen-bond donors (Lipinski definition) is 3. The van der Waals surface area contributed by atoms with Gasteiger partial charge in [-0.1, -0.05) is 18.5 Å². The number of nitrogens with one attached hydrogen (secondary N) is 2. The van der Waals surface area contributed by atoms with Crippen LogP contribution in [0, 0.1) is 12.1 Å². The van der Waals surface area contributed by atoms with Crippen LogP contribution in [-0.4, -0.2) is 44.1 Å². The van der Waals surface area contributed by atoms with E-state index in [0.29, 0.717) is 23.4 Å². The van der Waals surface area contributed by atoms with Gasteiger partial charge in [0.1, 0.15) is 11.9 Å². The van der Waals surface area contributed by atoms with Crippen LogP contribution in [0.15, 0.2) is 53.6 Å². The zero-order valence-corrected chi connectivity index (χ0v) is 21.7. The number of anilines is 2. The van der Waals surface area contributed by atoms with Gasteiger partial charge in [0, 0.05) is 11.8 Å². The minimum atomic E-state index is -3.55. The Hall–Kier alpha value is -3.74. The number of rotatable bonds is 10. The van der Waals surface area contributed by atoms with E-state index in [2.05, 4.69) is 15.6 Å². The van der Waals surface area contributed by atoms with Crippen LogP contribution < -0.4 is 25.8 Å². The Morgan fingerprint density at radius 1 is 1.14 bits per heavy atom. The molecule has 3 rings (SSSR count). The van der Waals surface area contributed by atoms with Gasteiger partial charge < -0.3 is 21.0 Å². The maximum atomic E-state index is 13.2. The molecule has 196 valence electrons. The van der Waals surface area contributed by atoms with Gasteiger partial charge in [0.25, 0.3) is 11.7 Å². The third-order valence-electron chi connectivity index (χ3n) is 5.16. The first-order valence-corrected chi connectivity index (χ1v) is 13.3. The van der Waals surface area contributed by atoms with Crippen molar-refractivity contribution in [3.8, 4) is 5.75 Å². The summed E-state index contributed by atoms with van der Waals surface area (Å²) >= 11 is 5.78. The topological polar surface area (TPSA) is 167 Å². The molecular formula is C24H26ClN5O6S. The summed E-state index contributed by atoms with van der Waals surface area (Å²) < 4.78 is 30.7. The molecule has 13 heteroatoms. The molecule has 1 aromatic carbocycles. The number of hydrogen-bond acceptors (Lipinski definition) is 8. The number of aryl methyl sites for hydroxylation is 1. The summed E-state index contributed by atoms with van der Waals surface area (Å²) in [6, 6.07) is 9.80. The fraction of sp³-hybridized carbons (Fsp3) is 0.250. The fourth-order valence-electron chi connectivity index (χ4n) is 3.18. The summed E-state index contributed by atoms with van der Waals surface area (Å²) in [6.45, 7) is 3.69. The largest absolute Gasteiger partial charge is 0.711 e. The van der Waals surface area contributed by atoms with Crippen molar-refractivity contribution in [2.24, 2.45) is 5.73 Å². The van der Waals surface area contributed by atoms with Crippen molar-refractivity contribution in [1.29, 1.82) is 0 Å². The molecule has 0 aliphatic carbocycles. The highest BCUT2D eigenvalue weighted by atomic mass is 35.5. The highest BCUT2D eigenvalue weighted by molar-refractivity contribution is 7.91. The molecule has 0 radical (unpaired) electrons. The highest BCUT2D eigenvalue weighted by Gasteiger charge is 2.24. The molecule has 0 saturated heterocycles. The van der Waals surface area contributed by atoms with Gasteiger partial charge in [0.05, 0.1) is 33.5 Å². The lowest BCUT2D eigenvalue weighted by molar-refractivity contribution is -0.589. The Kier molecular flexibility index (Phi) is 9.03. The molecule has 2 heterocycles. The number of halogens is 1. The SMILES string of the molecule is CCS(=O)(=O)c1ccc(C(=O)Nc2ccc(C)nc2C(=O)Nc2ccc(Cl)c[n+]2[O-])c(OCCCN)c1. The number of nitrogens with two attached hydrogens (primary N) is 1. The monoisotopic (exact) mass is 547 g/mol. The maximum Gasteiger partial charge on any atom is 0.359 e. The predicted octanol–water partition coefficient (Wildman–Crippen LogP) is 2.70. The van der Waals surface area contributed by atoms with Crippen LogP contribution >= 0.6 is 11.6 Å². The number of carbonyl (C=O) groups excluding carboxylic acids is 2. The first kappa shape index (κ1) is 27.8. The summed E-state index contributed by atoms with van der Waals surface area (Å²) in [5.41, 5.74) is 5.99. The zero-order chi connectivity index (χ0) is 27.2. The average Bonchev–Trinajstić information content (AvgIpc) is 2.86. The molecule has 0 aliphatic rings. The third kappa shape index (κ3) is 6.94. The van der Waals surface area contributed by atoms with E-state index >= 15 is 0 Å². The summed E-state index contributed by atoms with van der Waals surface area (Å²) in [4.78, 5) is 30.4. The minimum Gasteiger partial charge on any atom is -0.711 e. The molecule has 4 N–H and O–H groups in total. The standard InChI is InChI=1S/C24H26ClN5O6S/c1-3-37(34,35)17-7-8-18(20(13-17)36-12-4-11-26)23(31)28-19-9-5-15(2)27-22(19)24(32)29-21-10-6-16(25)14-30(21)33/h5-10,13-14H,3-4,11-12,26H2,1-2H3,(H,28,31)(H,29,32). The normalized spacial score (nSPS) is 11.1. The van der Waals surface area contributed by atoms with Crippen LogP contribution in [0.5, 0.6) is 5.75 Å². The first-order chi connectivity index (χ1) is 17.6. The molecule has 2 amide bonds. The van der Waals surface area contributed by atoms with Crippen molar-refractivity contribution in [1.82, 2.24) is 4.98 Å². The van der Waals surface area contributed by atoms with Crippen LogP contribution in [0.4, 0.5) is 11.5 Å². The van der Waals surface area contributed by atoms with Crippen LogP contribution in [-0.2, 0) is 9.84 Å². The van der Waals surface area contributed by atoms with Gasteiger partial charge >= 0.3 is 5.91 Å². The molecule has 2 aromatic heterocycles. The second-order valence-electron chi connectivity index (χ2n) is 7.87. The van der Waals surface area contributed by atoms with Gasteiger partial charge in [-0.15, -0.1) is 0 Å². The summed E-state index contributed by atoms with van der Waals surface area (Å²) in [5.74, 6) is -1.55. The molecule has 0 spiro atoms. The van der Waals surface area contributed by atoms with Gasteiger partial charge in [-0.2, -0.15) is 0 Å². The number of aromatic nitrogens is 2. The predicted molar refractivity (Wildman–Crippen MR) is 139 cm³/mol. The molecule has 0 aliphatic heterocycles. The van der Waals surface area contributed by atoms with Crippen molar-refractivity contribution < 1.29 is 27.5 Å². The lowest BCUT2D eigenvalue weighted by Gasteiger charge is -2.15. The third-order valence-corrected chi connectivity index (χ3v) is 7.12. The first-order valence-electron chi connectivity index (χ1n) is 11.2. The summed E-state index contributed by atoms with van der Waals surface area (Å²) in [7, 11) is -3.55. The molecular weight excluding hydrogens is 522 g/mol. The second-order valence-corrected chi connectivity index (χ2v) is 10.6. The van der Waals surface area contributed by atoms with Gasteiger partial charge in [-0.3, -0.25) is 4.79 Å². The van der Waals surface area contributed by atoms with Crippen LogP contribution in [0.25, 0.3) is 0 Å². The van der Waals surface area contributed by atoms with E-state index in [9.17, 15) is 23.2 Å². The van der Waals surface area contributed by atoms with Gasteiger partial charge in [0.2, 0.25) is 0 Å². The number of sulfone groups is 1. The van der Waals surface area contributed by atoms with Gasteiger partial charge in [-0.05, 0) is 56.3 Å². The smallest absolute Gasteiger partial charge is 0.359 e. The lowest BCUT2D eigenvalue weighted by atomic mass is 10.1. The molecule has 0 unspecified atom stereocenters. The summed E-state index contributed by atoms with van der Waals surface area (Å²) in [5, 5.41) is 17.3. The van der Waals surface area contributed by atoms with Crippen LogP contribution in [0.1, 0.15) is 39.9 Å². The van der Waals surface area contributed by atoms with Gasteiger partial charge in [0.15, 0.2) is 15.5 Å². The fourth-order valence-corrected chi connectivity index (χ4v) is 4.23. The van der Waals surface area contributed by atoms with Crippen LogP contribution in [0.3, 0.4) is 0 Å². The molecule has 3 aromatic rings. The van der Waals surface area contributed by atoms with Crippen molar-refractivity contribution in [3.05, 3.63) is 75.8 Å². The van der Waals surface area contributed by atoms with Crippen molar-refractivity contribution in [2.45, 2.75) is 25.2 Å². The number of nitrogens with zero attached hydrogens (tertiary/aromatic N) is 2. The maximum absolute atomic E-state index is 13.2. The molecule has 0 saturated carbocycles. The summed E-state index contributed by atoms with van der Waals surface area (Å²) in [6.07, 6.45) is 1.57. The molecule has 11 nitrogen and oxygen atoms in total. The van der Waals surface area contributed by atoms with Gasteiger partial charge in [-0.25, -0.2) is 28.2 Å². The zero-order valence-electron chi connectivity index (χ0n) is 20.2. The van der Waals surface area contributed by atoms with Crippen molar-refractivity contribution in [3.63, 3.8) is 0 Å². The van der Waals surface area contributed by atoms with E-state index in [1.54, 1.807) is 13.0 Å². The quantitative estimate of drug-likeness (QED) is 0.198. The van der Waals surface area contributed by atoms with E-state index in [4.69, 9.17) is 22.1 Å². The Labute approximate surface area is 219 Å². The molecule has 0 bridgehead atoms. The van der Waals surface area contributed by atoms with E-state index < -0.39 is 21.7 Å². The molecule has 0 fully saturated rings. The number of pyridine rings is 2. The van der Waals surface area contributed by atoms with Crippen molar-refractivity contribution >= 4 is 44.8 Å². The lowest BCUT2D eigenvalue weighted by Crippen LogP contribution is -2.33. The number of benzene rings is 1. The Morgan fingerprint density at radius 3 is 2.57 bits per heavy atom. The Bertz CT molecular complexity index is 1430. The second kappa shape index (κ2) is 12.0. The van der Waals surface area contributed by atoms with E-state index in [0.717, 1.165) is 6.20 Å². The Morgan fingerprint density at radius 2 is 1.89 bits per heavy atom. The van der Waals surface area contributed by atoms with E-state index in [1.165, 1.54) is 43.3 Å². The average molecular weight is 548 g/mol. The minimum absolute atomic E-state index is 0.0141. The van der Waals surface area contributed by atoms with E-state index in [-0.39, 0.29) is 50.8 Å². The van der Waals surface area contributed by atoms with E-state index in [1.807, 2.05) is 0 Å².